The number of rotatable bonds is 8. The molecule has 0 radical (unpaired) electrons. The van der Waals surface area contributed by atoms with Crippen molar-refractivity contribution in [1.82, 2.24) is 19.7 Å². The summed E-state index contributed by atoms with van der Waals surface area (Å²) in [4.78, 5) is 26.0. The molecule has 1 N–H and O–H groups in total. The molecule has 1 aliphatic heterocycles. The van der Waals surface area contributed by atoms with Crippen molar-refractivity contribution in [3.8, 4) is 5.75 Å². The van der Waals surface area contributed by atoms with Gasteiger partial charge in [0.2, 0.25) is 5.91 Å². The summed E-state index contributed by atoms with van der Waals surface area (Å²) in [5.41, 5.74) is -0.0267. The maximum atomic E-state index is 12.6. The molecule has 7 nitrogen and oxygen atoms in total. The maximum Gasteiger partial charge on any atom is 0.345 e. The fraction of sp³-hybridized carbons (Fsp3) is 0.571. The normalized spacial score (nSPS) is 16.3. The first-order valence-electron chi connectivity index (χ1n) is 10.2. The lowest BCUT2D eigenvalue weighted by atomic mass is 10.1. The van der Waals surface area contributed by atoms with E-state index in [1.165, 1.54) is 11.8 Å². The van der Waals surface area contributed by atoms with Crippen LogP contribution in [0.5, 0.6) is 5.75 Å². The van der Waals surface area contributed by atoms with Crippen molar-refractivity contribution in [2.24, 2.45) is 5.92 Å². The molecule has 0 bridgehead atoms. The monoisotopic (exact) mass is 418 g/mol. The molecule has 158 valence electrons. The van der Waals surface area contributed by atoms with Crippen LogP contribution < -0.4 is 15.7 Å². The van der Waals surface area contributed by atoms with Gasteiger partial charge in [0.15, 0.2) is 0 Å². The molecular formula is C21H30N4O3S. The summed E-state index contributed by atoms with van der Waals surface area (Å²) in [5.74, 6) is 2.53. The molecule has 0 spiro atoms. The van der Waals surface area contributed by atoms with Crippen molar-refractivity contribution in [1.29, 1.82) is 0 Å². The Bertz CT molecular complexity index is 890. The Labute approximate surface area is 175 Å². The molecule has 0 fully saturated rings. The van der Waals surface area contributed by atoms with Crippen LogP contribution in [0, 0.1) is 5.92 Å². The molecule has 1 aromatic carbocycles. The van der Waals surface area contributed by atoms with E-state index < -0.39 is 0 Å². The first-order valence-corrected chi connectivity index (χ1v) is 11.2. The molecule has 8 heteroatoms. The van der Waals surface area contributed by atoms with Gasteiger partial charge in [0, 0.05) is 30.4 Å². The number of benzene rings is 1. The van der Waals surface area contributed by atoms with Gasteiger partial charge >= 0.3 is 5.69 Å². The molecule has 0 saturated carbocycles. The Balaban J connectivity index is 1.50. The van der Waals surface area contributed by atoms with Crippen LogP contribution in [0.2, 0.25) is 0 Å². The van der Waals surface area contributed by atoms with Gasteiger partial charge in [-0.25, -0.2) is 9.48 Å². The Hall–Kier alpha value is -2.22. The second-order valence-corrected chi connectivity index (χ2v) is 8.86. The van der Waals surface area contributed by atoms with Crippen LogP contribution in [0.15, 0.2) is 34.0 Å². The standard InChI is InChI=1S/C21H30N4O3S/c1-15(2)9-12-25-21(27)24-11-10-16(7-8-19(24)23-25)22-20(26)14-29-18-6-4-5-17(13-18)28-3/h4-6,13,15-16H,7-12,14H2,1-3H3,(H,22,26). The number of fused-ring (bicyclic) bond motifs is 1. The van der Waals surface area contributed by atoms with E-state index in [-0.39, 0.29) is 17.6 Å². The Morgan fingerprint density at radius 1 is 1.38 bits per heavy atom. The number of ether oxygens (including phenoxy) is 1. The lowest BCUT2D eigenvalue weighted by Gasteiger charge is -2.16. The Kier molecular flexibility index (Phi) is 7.41. The van der Waals surface area contributed by atoms with Crippen molar-refractivity contribution in [2.45, 2.75) is 63.6 Å². The Morgan fingerprint density at radius 2 is 2.21 bits per heavy atom. The molecule has 0 aliphatic carbocycles. The van der Waals surface area contributed by atoms with E-state index in [1.807, 2.05) is 24.3 Å². The molecule has 1 aliphatic rings. The molecule has 3 rings (SSSR count). The second-order valence-electron chi connectivity index (χ2n) is 7.82. The molecular weight excluding hydrogens is 388 g/mol. The van der Waals surface area contributed by atoms with Crippen LogP contribution >= 0.6 is 11.8 Å². The highest BCUT2D eigenvalue weighted by atomic mass is 32.2. The summed E-state index contributed by atoms with van der Waals surface area (Å²) in [6.07, 6.45) is 3.20. The van der Waals surface area contributed by atoms with Crippen molar-refractivity contribution < 1.29 is 9.53 Å². The third-order valence-corrected chi connectivity index (χ3v) is 6.11. The highest BCUT2D eigenvalue weighted by Gasteiger charge is 2.22. The van der Waals surface area contributed by atoms with E-state index >= 15 is 0 Å². The van der Waals surface area contributed by atoms with Gasteiger partial charge in [-0.15, -0.1) is 11.8 Å². The number of nitrogens with one attached hydrogen (secondary N) is 1. The quantitative estimate of drug-likeness (QED) is 0.667. The number of aromatic nitrogens is 3. The van der Waals surface area contributed by atoms with Gasteiger partial charge in [-0.05, 0) is 43.4 Å². The molecule has 1 amide bonds. The average Bonchev–Trinajstić information content (AvgIpc) is 2.87. The van der Waals surface area contributed by atoms with E-state index in [4.69, 9.17) is 4.74 Å². The topological polar surface area (TPSA) is 78.2 Å². The van der Waals surface area contributed by atoms with Gasteiger partial charge in [0.1, 0.15) is 11.6 Å². The summed E-state index contributed by atoms with van der Waals surface area (Å²) < 4.78 is 8.59. The molecule has 29 heavy (non-hydrogen) atoms. The minimum Gasteiger partial charge on any atom is -0.497 e. The largest absolute Gasteiger partial charge is 0.497 e. The van der Waals surface area contributed by atoms with Crippen LogP contribution in [-0.2, 0) is 24.3 Å². The highest BCUT2D eigenvalue weighted by Crippen LogP contribution is 2.22. The molecule has 1 unspecified atom stereocenters. The predicted octanol–water partition coefficient (Wildman–Crippen LogP) is 2.71. The molecule has 1 atom stereocenters. The van der Waals surface area contributed by atoms with E-state index in [9.17, 15) is 9.59 Å². The zero-order valence-electron chi connectivity index (χ0n) is 17.4. The van der Waals surface area contributed by atoms with Gasteiger partial charge in [-0.2, -0.15) is 5.10 Å². The lowest BCUT2D eigenvalue weighted by molar-refractivity contribution is -0.119. The van der Waals surface area contributed by atoms with E-state index in [0.717, 1.165) is 35.7 Å². The molecule has 2 heterocycles. The number of thioether (sulfide) groups is 1. The van der Waals surface area contributed by atoms with Gasteiger partial charge in [0.25, 0.3) is 0 Å². The Morgan fingerprint density at radius 3 is 2.97 bits per heavy atom. The van der Waals surface area contributed by atoms with Crippen molar-refractivity contribution in [2.75, 3.05) is 12.9 Å². The van der Waals surface area contributed by atoms with E-state index in [1.54, 1.807) is 16.4 Å². The zero-order valence-corrected chi connectivity index (χ0v) is 18.2. The average molecular weight is 419 g/mol. The predicted molar refractivity (Wildman–Crippen MR) is 115 cm³/mol. The first kappa shape index (κ1) is 21.5. The summed E-state index contributed by atoms with van der Waals surface area (Å²) >= 11 is 1.49. The van der Waals surface area contributed by atoms with E-state index in [2.05, 4.69) is 24.3 Å². The number of hydrogen-bond donors (Lipinski definition) is 1. The third-order valence-electron chi connectivity index (χ3n) is 5.11. The fourth-order valence-electron chi connectivity index (χ4n) is 3.41. The van der Waals surface area contributed by atoms with Crippen LogP contribution in [0.1, 0.15) is 38.9 Å². The number of aryl methyl sites for hydroxylation is 2. The number of carbonyl (C=O) groups excluding carboxylic acids is 1. The second kappa shape index (κ2) is 10.0. The molecule has 1 aromatic heterocycles. The lowest BCUT2D eigenvalue weighted by Crippen LogP contribution is -2.36. The molecule has 0 saturated heterocycles. The fourth-order valence-corrected chi connectivity index (χ4v) is 4.16. The van der Waals surface area contributed by atoms with Gasteiger partial charge in [0.05, 0.1) is 12.9 Å². The van der Waals surface area contributed by atoms with Gasteiger partial charge in [-0.1, -0.05) is 19.9 Å². The van der Waals surface area contributed by atoms with Crippen molar-refractivity contribution in [3.05, 3.63) is 40.6 Å². The SMILES string of the molecule is COc1cccc(SCC(=O)NC2CCc3nn(CCC(C)C)c(=O)n3CC2)c1. The summed E-state index contributed by atoms with van der Waals surface area (Å²) in [7, 11) is 1.63. The van der Waals surface area contributed by atoms with Crippen molar-refractivity contribution >= 4 is 17.7 Å². The number of nitrogens with zero attached hydrogens (tertiary/aromatic N) is 3. The van der Waals surface area contributed by atoms with Crippen LogP contribution in [0.4, 0.5) is 0 Å². The molecule has 2 aromatic rings. The number of carbonyl (C=O) groups is 1. The summed E-state index contributed by atoms with van der Waals surface area (Å²) in [6, 6.07) is 7.76. The highest BCUT2D eigenvalue weighted by molar-refractivity contribution is 8.00. The summed E-state index contributed by atoms with van der Waals surface area (Å²) in [6.45, 7) is 5.56. The number of hydrogen-bond acceptors (Lipinski definition) is 5. The van der Waals surface area contributed by atoms with Gasteiger partial charge < -0.3 is 10.1 Å². The number of amides is 1. The minimum atomic E-state index is -0.0267. The van der Waals surface area contributed by atoms with Gasteiger partial charge in [-0.3, -0.25) is 9.36 Å². The van der Waals surface area contributed by atoms with E-state index in [0.29, 0.717) is 31.2 Å². The smallest absolute Gasteiger partial charge is 0.345 e. The minimum absolute atomic E-state index is 0.0108. The van der Waals surface area contributed by atoms with Crippen LogP contribution in [0.25, 0.3) is 0 Å². The zero-order chi connectivity index (χ0) is 20.8. The number of methoxy groups -OCH3 is 1. The van der Waals surface area contributed by atoms with Crippen LogP contribution in [-0.4, -0.2) is 39.2 Å². The van der Waals surface area contributed by atoms with Crippen molar-refractivity contribution in [3.63, 3.8) is 0 Å². The first-order chi connectivity index (χ1) is 14.0. The maximum absolute atomic E-state index is 12.6. The summed E-state index contributed by atoms with van der Waals surface area (Å²) in [5, 5.41) is 7.64. The van der Waals surface area contributed by atoms with Crippen LogP contribution in [0.3, 0.4) is 0 Å². The third kappa shape index (κ3) is 5.88.